The van der Waals surface area contributed by atoms with Crippen LogP contribution in [0.25, 0.3) is 0 Å². The molecule has 3 fully saturated rings. The molecule has 0 bridgehead atoms. The molecular formula is C22H32N4O4. The zero-order valence-electron chi connectivity index (χ0n) is 18.3. The van der Waals surface area contributed by atoms with Gasteiger partial charge in [0.25, 0.3) is 0 Å². The summed E-state index contributed by atoms with van der Waals surface area (Å²) in [4.78, 5) is 31.3. The van der Waals surface area contributed by atoms with Gasteiger partial charge < -0.3 is 29.5 Å². The Kier molecular flexibility index (Phi) is 5.30. The molecule has 30 heavy (non-hydrogen) atoms. The van der Waals surface area contributed by atoms with Crippen LogP contribution in [0.4, 0.5) is 16.2 Å². The van der Waals surface area contributed by atoms with Crippen LogP contribution in [0.3, 0.4) is 0 Å². The summed E-state index contributed by atoms with van der Waals surface area (Å²) >= 11 is 0. The number of benzene rings is 1. The Balaban J connectivity index is 1.47. The molecule has 1 N–H and O–H groups in total. The molecule has 1 aromatic carbocycles. The highest BCUT2D eigenvalue weighted by Gasteiger charge is 2.53. The van der Waals surface area contributed by atoms with Crippen molar-refractivity contribution in [2.75, 3.05) is 50.2 Å². The minimum Gasteiger partial charge on any atom is -0.444 e. The van der Waals surface area contributed by atoms with E-state index in [2.05, 4.69) is 34.5 Å². The number of amides is 2. The zero-order chi connectivity index (χ0) is 21.5. The van der Waals surface area contributed by atoms with Gasteiger partial charge in [-0.05, 0) is 57.9 Å². The minimum atomic E-state index is -0.607. The van der Waals surface area contributed by atoms with Crippen LogP contribution in [-0.4, -0.2) is 79.0 Å². The quantitative estimate of drug-likeness (QED) is 0.816. The second-order valence-corrected chi connectivity index (χ2v) is 9.50. The maximum absolute atomic E-state index is 13.2. The molecule has 3 aliphatic rings. The largest absolute Gasteiger partial charge is 0.444 e. The third kappa shape index (κ3) is 3.93. The Morgan fingerprint density at radius 3 is 2.33 bits per heavy atom. The van der Waals surface area contributed by atoms with Gasteiger partial charge in [0.1, 0.15) is 11.1 Å². The fourth-order valence-corrected chi connectivity index (χ4v) is 4.37. The zero-order valence-corrected chi connectivity index (χ0v) is 18.3. The third-order valence-corrected chi connectivity index (χ3v) is 6.05. The van der Waals surface area contributed by atoms with E-state index in [9.17, 15) is 9.59 Å². The number of likely N-dealkylation sites (tertiary alicyclic amines) is 1. The number of carbonyl (C=O) groups is 2. The summed E-state index contributed by atoms with van der Waals surface area (Å²) in [6.45, 7) is 8.64. The first-order chi connectivity index (χ1) is 14.2. The molecule has 3 heterocycles. The van der Waals surface area contributed by atoms with Crippen molar-refractivity contribution < 1.29 is 19.1 Å². The number of likely N-dealkylation sites (N-methyl/N-ethyl adjacent to an activating group) is 1. The van der Waals surface area contributed by atoms with E-state index in [0.29, 0.717) is 38.6 Å². The highest BCUT2D eigenvalue weighted by Crippen LogP contribution is 2.39. The molecule has 0 atom stereocenters. The summed E-state index contributed by atoms with van der Waals surface area (Å²) in [7, 11) is 1.84. The molecular weight excluding hydrogens is 384 g/mol. The van der Waals surface area contributed by atoms with E-state index < -0.39 is 11.1 Å². The first-order valence-corrected chi connectivity index (χ1v) is 10.6. The molecule has 8 nitrogen and oxygen atoms in total. The summed E-state index contributed by atoms with van der Waals surface area (Å²) in [5.74, 6) is 0.125. The van der Waals surface area contributed by atoms with Crippen molar-refractivity contribution in [2.24, 2.45) is 0 Å². The third-order valence-electron chi connectivity index (χ3n) is 6.05. The molecule has 1 spiro atoms. The van der Waals surface area contributed by atoms with Crippen LogP contribution in [0.1, 0.15) is 33.6 Å². The summed E-state index contributed by atoms with van der Waals surface area (Å²) in [6, 6.07) is 8.62. The summed E-state index contributed by atoms with van der Waals surface area (Å²) in [5, 5.41) is 3.44. The fraction of sp³-hybridized carbons (Fsp3) is 0.636. The monoisotopic (exact) mass is 416 g/mol. The maximum atomic E-state index is 13.2. The number of anilines is 2. The van der Waals surface area contributed by atoms with E-state index in [4.69, 9.17) is 9.47 Å². The van der Waals surface area contributed by atoms with Crippen LogP contribution in [0.15, 0.2) is 24.3 Å². The van der Waals surface area contributed by atoms with Crippen LogP contribution in [-0.2, 0) is 14.3 Å². The minimum absolute atomic E-state index is 0.125. The average molecular weight is 417 g/mol. The van der Waals surface area contributed by atoms with Gasteiger partial charge in [-0.25, -0.2) is 4.79 Å². The van der Waals surface area contributed by atoms with E-state index in [1.165, 1.54) is 0 Å². The maximum Gasteiger partial charge on any atom is 0.410 e. The highest BCUT2D eigenvalue weighted by atomic mass is 16.6. The van der Waals surface area contributed by atoms with Gasteiger partial charge in [-0.15, -0.1) is 0 Å². The van der Waals surface area contributed by atoms with Crippen LogP contribution >= 0.6 is 0 Å². The van der Waals surface area contributed by atoms with Crippen molar-refractivity contribution >= 4 is 23.4 Å². The van der Waals surface area contributed by atoms with Gasteiger partial charge in [0.2, 0.25) is 5.91 Å². The van der Waals surface area contributed by atoms with Gasteiger partial charge in [-0.1, -0.05) is 0 Å². The van der Waals surface area contributed by atoms with Crippen LogP contribution in [0.5, 0.6) is 0 Å². The van der Waals surface area contributed by atoms with Crippen molar-refractivity contribution in [2.45, 2.75) is 50.8 Å². The molecule has 0 radical (unpaired) electrons. The van der Waals surface area contributed by atoms with E-state index in [1.54, 1.807) is 9.80 Å². The van der Waals surface area contributed by atoms with Crippen LogP contribution in [0, 0.1) is 0 Å². The van der Waals surface area contributed by atoms with Crippen molar-refractivity contribution in [1.82, 2.24) is 9.80 Å². The molecule has 3 saturated heterocycles. The molecule has 164 valence electrons. The molecule has 0 aliphatic carbocycles. The van der Waals surface area contributed by atoms with Crippen LogP contribution < -0.4 is 10.2 Å². The van der Waals surface area contributed by atoms with Crippen molar-refractivity contribution in [3.8, 4) is 0 Å². The van der Waals surface area contributed by atoms with E-state index >= 15 is 0 Å². The number of carbonyl (C=O) groups excluding carboxylic acids is 2. The lowest BCUT2D eigenvalue weighted by atomic mass is 9.85. The van der Waals surface area contributed by atoms with Gasteiger partial charge in [0.15, 0.2) is 0 Å². The summed E-state index contributed by atoms with van der Waals surface area (Å²) in [6.07, 6.45) is 0.877. The predicted molar refractivity (Wildman–Crippen MR) is 115 cm³/mol. The Bertz CT molecular complexity index is 792. The van der Waals surface area contributed by atoms with Gasteiger partial charge in [0.05, 0.1) is 25.9 Å². The van der Waals surface area contributed by atoms with Crippen molar-refractivity contribution in [1.29, 1.82) is 0 Å². The first-order valence-electron chi connectivity index (χ1n) is 10.6. The van der Waals surface area contributed by atoms with Crippen molar-refractivity contribution in [3.63, 3.8) is 0 Å². The molecule has 4 rings (SSSR count). The predicted octanol–water partition coefficient (Wildman–Crippen LogP) is 2.50. The summed E-state index contributed by atoms with van der Waals surface area (Å²) < 4.78 is 10.7. The van der Waals surface area contributed by atoms with E-state index in [1.807, 2.05) is 27.8 Å². The molecule has 0 aromatic heterocycles. The molecule has 0 saturated carbocycles. The van der Waals surface area contributed by atoms with Crippen molar-refractivity contribution in [3.05, 3.63) is 24.3 Å². The smallest absolute Gasteiger partial charge is 0.410 e. The topological polar surface area (TPSA) is 74.3 Å². The number of nitrogens with one attached hydrogen (secondary N) is 1. The first kappa shape index (κ1) is 20.8. The normalized spacial score (nSPS) is 21.7. The Hall–Kier alpha value is -2.48. The fourth-order valence-electron chi connectivity index (χ4n) is 4.37. The van der Waals surface area contributed by atoms with Gasteiger partial charge in [-0.3, -0.25) is 4.79 Å². The van der Waals surface area contributed by atoms with Gasteiger partial charge >= 0.3 is 6.09 Å². The van der Waals surface area contributed by atoms with Crippen LogP contribution in [0.2, 0.25) is 0 Å². The number of ether oxygens (including phenoxy) is 2. The standard InChI is InChI=1S/C22H32N4O4/c1-21(2,3)30-20(28)25-11-9-22(10-12-25)19(27)24(4)15-26(22)18-7-5-16(6-8-18)23-17-13-29-14-17/h5-8,17,23H,9-15H2,1-4H3. The van der Waals surface area contributed by atoms with Gasteiger partial charge in [0, 0.05) is 31.5 Å². The van der Waals surface area contributed by atoms with Gasteiger partial charge in [-0.2, -0.15) is 0 Å². The molecule has 3 aliphatic heterocycles. The Labute approximate surface area is 178 Å². The second kappa shape index (κ2) is 7.65. The molecule has 2 amide bonds. The van der Waals surface area contributed by atoms with E-state index in [-0.39, 0.29) is 12.0 Å². The number of hydrogen-bond donors (Lipinski definition) is 1. The molecule has 1 aromatic rings. The summed E-state index contributed by atoms with van der Waals surface area (Å²) in [5.41, 5.74) is 0.945. The number of piperidine rings is 1. The highest BCUT2D eigenvalue weighted by molar-refractivity contribution is 5.93. The van der Waals surface area contributed by atoms with E-state index in [0.717, 1.165) is 24.6 Å². The Morgan fingerprint density at radius 2 is 1.80 bits per heavy atom. The lowest BCUT2D eigenvalue weighted by Crippen LogP contribution is -2.57. The molecule has 8 heteroatoms. The number of hydrogen-bond acceptors (Lipinski definition) is 6. The SMILES string of the molecule is CN1CN(c2ccc(NC3COC3)cc2)C2(CCN(C(=O)OC(C)(C)C)CC2)C1=O. The molecule has 0 unspecified atom stereocenters. The number of nitrogens with zero attached hydrogens (tertiary/aromatic N) is 3. The average Bonchev–Trinajstić information content (AvgIpc) is 2.90. The second-order valence-electron chi connectivity index (χ2n) is 9.50. The lowest BCUT2D eigenvalue weighted by Gasteiger charge is -2.43. The lowest BCUT2D eigenvalue weighted by molar-refractivity contribution is -0.132. The number of rotatable bonds is 3. The Morgan fingerprint density at radius 1 is 1.17 bits per heavy atom.